The number of para-hydroxylation sites is 1. The summed E-state index contributed by atoms with van der Waals surface area (Å²) in [6.45, 7) is 2.73. The van der Waals surface area contributed by atoms with E-state index in [0.29, 0.717) is 18.9 Å². The summed E-state index contributed by atoms with van der Waals surface area (Å²) in [5.74, 6) is 0.565. The first-order valence-corrected chi connectivity index (χ1v) is 7.33. The van der Waals surface area contributed by atoms with Crippen molar-refractivity contribution in [2.75, 3.05) is 11.4 Å². The Hall–Kier alpha value is -1.06. The summed E-state index contributed by atoms with van der Waals surface area (Å²) in [4.78, 5) is 14.3. The average molecular weight is 297 g/mol. The molecule has 3 nitrogen and oxygen atoms in total. The molecule has 4 heteroatoms. The molecule has 1 aromatic carbocycles. The van der Waals surface area contributed by atoms with Crippen LogP contribution in [-0.4, -0.2) is 18.5 Å². The van der Waals surface area contributed by atoms with Gasteiger partial charge in [-0.2, -0.15) is 0 Å². The van der Waals surface area contributed by atoms with Crippen LogP contribution in [0.5, 0.6) is 0 Å². The quantitative estimate of drug-likeness (QED) is 0.926. The summed E-state index contributed by atoms with van der Waals surface area (Å²) in [5, 5.41) is 0. The van der Waals surface area contributed by atoms with E-state index in [1.165, 1.54) is 12.8 Å². The minimum atomic E-state index is 0. The lowest BCUT2D eigenvalue weighted by atomic mass is 9.82. The zero-order valence-electron chi connectivity index (χ0n) is 12.1. The third-order valence-corrected chi connectivity index (χ3v) is 4.09. The lowest BCUT2D eigenvalue weighted by Crippen LogP contribution is -2.39. The zero-order valence-corrected chi connectivity index (χ0v) is 12.9. The molecule has 0 heterocycles. The SMILES string of the molecule is CCN(C(=O)CC1CCCCC1N)c1ccccc1.Cl. The van der Waals surface area contributed by atoms with Crippen molar-refractivity contribution in [3.63, 3.8) is 0 Å². The van der Waals surface area contributed by atoms with E-state index in [9.17, 15) is 4.79 Å². The van der Waals surface area contributed by atoms with E-state index in [-0.39, 0.29) is 24.4 Å². The Labute approximate surface area is 127 Å². The Kier molecular flexibility index (Phi) is 7.03. The number of nitrogens with two attached hydrogens (primary N) is 1. The van der Waals surface area contributed by atoms with Gasteiger partial charge in [-0.25, -0.2) is 0 Å². The normalized spacial score (nSPS) is 21.9. The van der Waals surface area contributed by atoms with Crippen molar-refractivity contribution >= 4 is 24.0 Å². The molecule has 1 saturated carbocycles. The van der Waals surface area contributed by atoms with E-state index in [1.807, 2.05) is 42.2 Å². The second kappa shape index (κ2) is 8.28. The number of carbonyl (C=O) groups is 1. The average Bonchev–Trinajstić information content (AvgIpc) is 2.43. The molecular weight excluding hydrogens is 272 g/mol. The molecule has 2 atom stereocenters. The van der Waals surface area contributed by atoms with Crippen LogP contribution in [0.4, 0.5) is 5.69 Å². The summed E-state index contributed by atoms with van der Waals surface area (Å²) in [6.07, 6.45) is 5.17. The maximum atomic E-state index is 12.5. The van der Waals surface area contributed by atoms with Gasteiger partial charge in [0, 0.05) is 24.7 Å². The molecule has 1 fully saturated rings. The molecule has 0 bridgehead atoms. The van der Waals surface area contributed by atoms with Gasteiger partial charge in [-0.1, -0.05) is 31.0 Å². The van der Waals surface area contributed by atoms with E-state index in [0.717, 1.165) is 18.5 Å². The van der Waals surface area contributed by atoms with E-state index >= 15 is 0 Å². The van der Waals surface area contributed by atoms with Gasteiger partial charge in [0.05, 0.1) is 0 Å². The Morgan fingerprint density at radius 3 is 2.50 bits per heavy atom. The highest BCUT2D eigenvalue weighted by Gasteiger charge is 2.26. The summed E-state index contributed by atoms with van der Waals surface area (Å²) in [5.41, 5.74) is 7.12. The van der Waals surface area contributed by atoms with Gasteiger partial charge in [0.25, 0.3) is 0 Å². The van der Waals surface area contributed by atoms with E-state index in [4.69, 9.17) is 5.73 Å². The number of hydrogen-bond acceptors (Lipinski definition) is 2. The first-order chi connectivity index (χ1) is 9.22. The van der Waals surface area contributed by atoms with Crippen molar-refractivity contribution in [3.8, 4) is 0 Å². The fraction of sp³-hybridized carbons (Fsp3) is 0.562. The van der Waals surface area contributed by atoms with Crippen LogP contribution in [0.3, 0.4) is 0 Å². The highest BCUT2D eigenvalue weighted by atomic mass is 35.5. The largest absolute Gasteiger partial charge is 0.327 e. The van der Waals surface area contributed by atoms with Crippen molar-refractivity contribution in [2.45, 2.75) is 45.1 Å². The predicted octanol–water partition coefficient (Wildman–Crippen LogP) is 3.37. The number of benzene rings is 1. The molecule has 1 aromatic rings. The third-order valence-electron chi connectivity index (χ3n) is 4.09. The van der Waals surface area contributed by atoms with Crippen LogP contribution in [0.1, 0.15) is 39.0 Å². The standard InChI is InChI=1S/C16H24N2O.ClH/c1-2-18(14-9-4-3-5-10-14)16(19)12-13-8-6-7-11-15(13)17;/h3-5,9-10,13,15H,2,6-8,11-12,17H2,1H3;1H. The van der Waals surface area contributed by atoms with Gasteiger partial charge >= 0.3 is 0 Å². The van der Waals surface area contributed by atoms with Gasteiger partial charge in [-0.05, 0) is 37.8 Å². The molecule has 0 spiro atoms. The number of anilines is 1. The molecule has 1 aliphatic rings. The van der Waals surface area contributed by atoms with Gasteiger partial charge in [0.1, 0.15) is 0 Å². The van der Waals surface area contributed by atoms with Gasteiger partial charge in [-0.15, -0.1) is 12.4 Å². The Bertz CT molecular complexity index is 410. The Morgan fingerprint density at radius 1 is 1.25 bits per heavy atom. The molecule has 2 N–H and O–H groups in total. The number of carbonyl (C=O) groups excluding carboxylic acids is 1. The van der Waals surface area contributed by atoms with Gasteiger partial charge in [0.15, 0.2) is 0 Å². The molecule has 1 aliphatic carbocycles. The van der Waals surface area contributed by atoms with Crippen LogP contribution in [0.15, 0.2) is 30.3 Å². The lowest BCUT2D eigenvalue weighted by molar-refractivity contribution is -0.119. The van der Waals surface area contributed by atoms with Crippen LogP contribution in [0.25, 0.3) is 0 Å². The highest BCUT2D eigenvalue weighted by molar-refractivity contribution is 5.93. The van der Waals surface area contributed by atoms with Gasteiger partial charge in [-0.3, -0.25) is 4.79 Å². The maximum absolute atomic E-state index is 12.5. The maximum Gasteiger partial charge on any atom is 0.227 e. The predicted molar refractivity (Wildman–Crippen MR) is 86.3 cm³/mol. The first kappa shape index (κ1) is 17.0. The molecule has 0 aromatic heterocycles. The Morgan fingerprint density at radius 2 is 1.90 bits per heavy atom. The van der Waals surface area contributed by atoms with Gasteiger partial charge in [0.2, 0.25) is 5.91 Å². The van der Waals surface area contributed by atoms with Crippen LogP contribution >= 0.6 is 12.4 Å². The highest BCUT2D eigenvalue weighted by Crippen LogP contribution is 2.27. The van der Waals surface area contributed by atoms with Crippen molar-refractivity contribution in [3.05, 3.63) is 30.3 Å². The van der Waals surface area contributed by atoms with Crippen LogP contribution in [-0.2, 0) is 4.79 Å². The molecule has 0 aliphatic heterocycles. The fourth-order valence-electron chi connectivity index (χ4n) is 2.94. The van der Waals surface area contributed by atoms with Crippen molar-refractivity contribution in [1.82, 2.24) is 0 Å². The van der Waals surface area contributed by atoms with Crippen molar-refractivity contribution in [2.24, 2.45) is 11.7 Å². The van der Waals surface area contributed by atoms with E-state index in [1.54, 1.807) is 0 Å². The lowest BCUT2D eigenvalue weighted by Gasteiger charge is -2.30. The number of halogens is 1. The summed E-state index contributed by atoms with van der Waals surface area (Å²) >= 11 is 0. The minimum Gasteiger partial charge on any atom is -0.327 e. The number of hydrogen-bond donors (Lipinski definition) is 1. The molecular formula is C16H25ClN2O. The second-order valence-electron chi connectivity index (χ2n) is 5.39. The van der Waals surface area contributed by atoms with Crippen molar-refractivity contribution < 1.29 is 4.79 Å². The summed E-state index contributed by atoms with van der Waals surface area (Å²) < 4.78 is 0. The topological polar surface area (TPSA) is 46.3 Å². The summed E-state index contributed by atoms with van der Waals surface area (Å²) in [7, 11) is 0. The minimum absolute atomic E-state index is 0. The first-order valence-electron chi connectivity index (χ1n) is 7.33. The number of rotatable bonds is 4. The molecule has 0 radical (unpaired) electrons. The van der Waals surface area contributed by atoms with Crippen molar-refractivity contribution in [1.29, 1.82) is 0 Å². The number of nitrogens with zero attached hydrogens (tertiary/aromatic N) is 1. The van der Waals surface area contributed by atoms with E-state index < -0.39 is 0 Å². The number of amides is 1. The molecule has 2 unspecified atom stereocenters. The zero-order chi connectivity index (χ0) is 13.7. The van der Waals surface area contributed by atoms with Gasteiger partial charge < -0.3 is 10.6 Å². The molecule has 0 saturated heterocycles. The van der Waals surface area contributed by atoms with Crippen LogP contribution in [0.2, 0.25) is 0 Å². The second-order valence-corrected chi connectivity index (χ2v) is 5.39. The summed E-state index contributed by atoms with van der Waals surface area (Å²) in [6, 6.07) is 10.1. The fourth-order valence-corrected chi connectivity index (χ4v) is 2.94. The molecule has 112 valence electrons. The molecule has 1 amide bonds. The molecule has 20 heavy (non-hydrogen) atoms. The third kappa shape index (κ3) is 4.22. The Balaban J connectivity index is 0.00000200. The monoisotopic (exact) mass is 296 g/mol. The molecule has 2 rings (SSSR count). The smallest absolute Gasteiger partial charge is 0.227 e. The van der Waals surface area contributed by atoms with Crippen LogP contribution < -0.4 is 10.6 Å². The van der Waals surface area contributed by atoms with Crippen LogP contribution in [0, 0.1) is 5.92 Å². The van der Waals surface area contributed by atoms with E-state index in [2.05, 4.69) is 0 Å².